The molecule has 0 N–H and O–H groups in total. The zero-order valence-corrected chi connectivity index (χ0v) is 11.6. The van der Waals surface area contributed by atoms with Crippen molar-refractivity contribution < 1.29 is 27.4 Å². The molecule has 0 amide bonds. The van der Waals surface area contributed by atoms with Gasteiger partial charge in [-0.15, -0.1) is 0 Å². The van der Waals surface area contributed by atoms with E-state index in [0.717, 1.165) is 6.07 Å². The highest BCUT2D eigenvalue weighted by Crippen LogP contribution is 2.35. The predicted octanol–water partition coefficient (Wildman–Crippen LogP) is 3.82. The average molecular weight is 290 g/mol. The summed E-state index contributed by atoms with van der Waals surface area (Å²) in [6.07, 6.45) is -4.59. The lowest BCUT2D eigenvalue weighted by Crippen LogP contribution is -2.24. The molecule has 0 atom stereocenters. The molecule has 1 rings (SSSR count). The first-order valence-corrected chi connectivity index (χ1v) is 6.10. The molecule has 0 aromatic heterocycles. The van der Waals surface area contributed by atoms with Crippen molar-refractivity contribution >= 4 is 5.97 Å². The molecule has 112 valence electrons. The van der Waals surface area contributed by atoms with Crippen LogP contribution in [-0.4, -0.2) is 18.2 Å². The van der Waals surface area contributed by atoms with Crippen LogP contribution in [0, 0.1) is 0 Å². The number of benzene rings is 1. The highest BCUT2D eigenvalue weighted by atomic mass is 19.4. The van der Waals surface area contributed by atoms with Gasteiger partial charge in [0, 0.05) is 0 Å². The Labute approximate surface area is 115 Å². The van der Waals surface area contributed by atoms with E-state index in [1.165, 1.54) is 18.2 Å². The summed E-state index contributed by atoms with van der Waals surface area (Å²) in [6, 6.07) is 4.88. The summed E-state index contributed by atoms with van der Waals surface area (Å²) in [5.41, 5.74) is -1.48. The summed E-state index contributed by atoms with van der Waals surface area (Å²) in [4.78, 5) is 11.4. The molecule has 1 aromatic rings. The first-order valence-electron chi connectivity index (χ1n) is 6.10. The van der Waals surface area contributed by atoms with Crippen molar-refractivity contribution in [1.29, 1.82) is 0 Å². The van der Waals surface area contributed by atoms with Crippen molar-refractivity contribution in [2.45, 2.75) is 39.0 Å². The Balaban J connectivity index is 2.57. The Hall–Kier alpha value is -1.72. The minimum atomic E-state index is -4.48. The molecule has 3 nitrogen and oxygen atoms in total. The van der Waals surface area contributed by atoms with Crippen molar-refractivity contribution in [2.75, 3.05) is 6.61 Å². The van der Waals surface area contributed by atoms with E-state index in [2.05, 4.69) is 0 Å². The minimum absolute atomic E-state index is 0.108. The fourth-order valence-corrected chi connectivity index (χ4v) is 1.46. The highest BCUT2D eigenvalue weighted by molar-refractivity contribution is 5.70. The number of alkyl halides is 3. The number of carbonyl (C=O) groups is 1. The normalized spacial score (nSPS) is 12.1. The van der Waals surface area contributed by atoms with Gasteiger partial charge in [0.05, 0.1) is 18.6 Å². The summed E-state index contributed by atoms with van der Waals surface area (Å²) < 4.78 is 48.1. The van der Waals surface area contributed by atoms with Gasteiger partial charge in [0.2, 0.25) is 0 Å². The van der Waals surface area contributed by atoms with E-state index in [9.17, 15) is 18.0 Å². The zero-order chi connectivity index (χ0) is 15.4. The topological polar surface area (TPSA) is 35.5 Å². The molecule has 0 saturated heterocycles. The maximum Gasteiger partial charge on any atom is 0.419 e. The van der Waals surface area contributed by atoms with Crippen LogP contribution in [0.4, 0.5) is 13.2 Å². The molecular weight excluding hydrogens is 273 g/mol. The number of hydrogen-bond donors (Lipinski definition) is 0. The van der Waals surface area contributed by atoms with E-state index in [-0.39, 0.29) is 18.8 Å². The lowest BCUT2D eigenvalue weighted by Gasteiger charge is -2.19. The van der Waals surface area contributed by atoms with Crippen molar-refractivity contribution in [3.05, 3.63) is 29.8 Å². The summed E-state index contributed by atoms with van der Waals surface area (Å²) >= 11 is 0. The highest BCUT2D eigenvalue weighted by Gasteiger charge is 2.34. The second-order valence-corrected chi connectivity index (χ2v) is 5.18. The van der Waals surface area contributed by atoms with Crippen LogP contribution < -0.4 is 4.74 Å². The lowest BCUT2D eigenvalue weighted by molar-refractivity contribution is -0.155. The fraction of sp³-hybridized carbons (Fsp3) is 0.500. The van der Waals surface area contributed by atoms with Crippen LogP contribution in [0.15, 0.2) is 24.3 Å². The predicted molar refractivity (Wildman–Crippen MR) is 67.4 cm³/mol. The van der Waals surface area contributed by atoms with Gasteiger partial charge in [-0.1, -0.05) is 12.1 Å². The molecule has 0 heterocycles. The molecular formula is C14H17F3O3. The Kier molecular flexibility index (Phi) is 5.03. The van der Waals surface area contributed by atoms with E-state index in [0.29, 0.717) is 0 Å². The second-order valence-electron chi connectivity index (χ2n) is 5.18. The Morgan fingerprint density at radius 2 is 1.75 bits per heavy atom. The third-order valence-electron chi connectivity index (χ3n) is 2.18. The van der Waals surface area contributed by atoms with Crippen molar-refractivity contribution in [3.63, 3.8) is 0 Å². The Bertz CT molecular complexity index is 461. The zero-order valence-electron chi connectivity index (χ0n) is 11.6. The number of esters is 1. The van der Waals surface area contributed by atoms with E-state index in [4.69, 9.17) is 9.47 Å². The summed E-state index contributed by atoms with van der Waals surface area (Å²) in [7, 11) is 0. The van der Waals surface area contributed by atoms with Gasteiger partial charge in [-0.3, -0.25) is 4.79 Å². The number of ether oxygens (including phenoxy) is 2. The summed E-state index contributed by atoms with van der Waals surface area (Å²) in [6.45, 7) is 4.97. The van der Waals surface area contributed by atoms with Gasteiger partial charge in [-0.25, -0.2) is 0 Å². The lowest BCUT2D eigenvalue weighted by atomic mass is 10.2. The maximum atomic E-state index is 12.7. The molecule has 0 unspecified atom stereocenters. The molecule has 0 spiro atoms. The van der Waals surface area contributed by atoms with E-state index in [1.54, 1.807) is 20.8 Å². The molecule has 0 radical (unpaired) electrons. The molecule has 6 heteroatoms. The van der Waals surface area contributed by atoms with Crippen LogP contribution in [-0.2, 0) is 15.7 Å². The van der Waals surface area contributed by atoms with Gasteiger partial charge >= 0.3 is 12.1 Å². The second kappa shape index (κ2) is 6.15. The molecule has 0 fully saturated rings. The number of hydrogen-bond acceptors (Lipinski definition) is 3. The van der Waals surface area contributed by atoms with Gasteiger partial charge in [0.1, 0.15) is 11.4 Å². The van der Waals surface area contributed by atoms with Gasteiger partial charge in [-0.05, 0) is 32.9 Å². The van der Waals surface area contributed by atoms with Crippen molar-refractivity contribution in [3.8, 4) is 5.75 Å². The van der Waals surface area contributed by atoms with Crippen LogP contribution in [0.2, 0.25) is 0 Å². The van der Waals surface area contributed by atoms with Crippen molar-refractivity contribution in [1.82, 2.24) is 0 Å². The number of halogens is 3. The van der Waals surface area contributed by atoms with E-state index >= 15 is 0 Å². The number of carbonyl (C=O) groups excluding carboxylic acids is 1. The summed E-state index contributed by atoms with van der Waals surface area (Å²) in [5.74, 6) is -0.800. The number of rotatable bonds is 4. The van der Waals surface area contributed by atoms with Gasteiger partial charge in [-0.2, -0.15) is 13.2 Å². The van der Waals surface area contributed by atoms with Crippen LogP contribution in [0.3, 0.4) is 0 Å². The molecule has 0 aliphatic rings. The Morgan fingerprint density at radius 1 is 1.15 bits per heavy atom. The Morgan fingerprint density at radius 3 is 2.30 bits per heavy atom. The summed E-state index contributed by atoms with van der Waals surface area (Å²) in [5, 5.41) is 0. The molecule has 0 aliphatic heterocycles. The quantitative estimate of drug-likeness (QED) is 0.791. The average Bonchev–Trinajstić information content (AvgIpc) is 2.25. The molecule has 0 saturated carbocycles. The first kappa shape index (κ1) is 16.3. The third kappa shape index (κ3) is 5.50. The first-order chi connectivity index (χ1) is 9.09. The van der Waals surface area contributed by atoms with Gasteiger partial charge < -0.3 is 9.47 Å². The molecule has 20 heavy (non-hydrogen) atoms. The minimum Gasteiger partial charge on any atom is -0.492 e. The van der Waals surface area contributed by atoms with Gasteiger partial charge in [0.25, 0.3) is 0 Å². The maximum absolute atomic E-state index is 12.7. The van der Waals surface area contributed by atoms with Crippen LogP contribution in [0.5, 0.6) is 5.75 Å². The van der Waals surface area contributed by atoms with Crippen LogP contribution >= 0.6 is 0 Å². The fourth-order valence-electron chi connectivity index (χ4n) is 1.46. The van der Waals surface area contributed by atoms with E-state index < -0.39 is 23.3 Å². The van der Waals surface area contributed by atoms with Crippen LogP contribution in [0.1, 0.15) is 32.8 Å². The molecule has 1 aromatic carbocycles. The monoisotopic (exact) mass is 290 g/mol. The SMILES string of the molecule is CC(C)(C)OC(=O)CCOc1ccccc1C(F)(F)F. The van der Waals surface area contributed by atoms with Crippen molar-refractivity contribution in [2.24, 2.45) is 0 Å². The smallest absolute Gasteiger partial charge is 0.419 e. The molecule has 0 bridgehead atoms. The molecule has 0 aliphatic carbocycles. The van der Waals surface area contributed by atoms with E-state index in [1.807, 2.05) is 0 Å². The third-order valence-corrected chi connectivity index (χ3v) is 2.18. The standard InChI is InChI=1S/C14H17F3O3/c1-13(2,3)20-12(18)8-9-19-11-7-5-4-6-10(11)14(15,16)17/h4-7H,8-9H2,1-3H3. The largest absolute Gasteiger partial charge is 0.492 e. The number of para-hydroxylation sites is 1. The van der Waals surface area contributed by atoms with Gasteiger partial charge in [0.15, 0.2) is 0 Å². The van der Waals surface area contributed by atoms with Crippen LogP contribution in [0.25, 0.3) is 0 Å².